The predicted molar refractivity (Wildman–Crippen MR) is 135 cm³/mol. The van der Waals surface area contributed by atoms with Crippen LogP contribution in [0.15, 0.2) is 36.5 Å². The van der Waals surface area contributed by atoms with Crippen molar-refractivity contribution in [2.45, 2.75) is 13.0 Å². The molecule has 1 fully saturated rings. The van der Waals surface area contributed by atoms with Crippen LogP contribution in [0.5, 0.6) is 0 Å². The minimum atomic E-state index is -0.972. The number of fused-ring (bicyclic) bond motifs is 1. The van der Waals surface area contributed by atoms with Gasteiger partial charge in [0.25, 0.3) is 0 Å². The Morgan fingerprint density at radius 1 is 0.703 bits per heavy atom. The third-order valence-corrected chi connectivity index (χ3v) is 6.52. The molecule has 0 bridgehead atoms. The standard InChI is InChI=1S/C25H35N5O7/c31-23(32)17-26-7-3-8-27(18-24(33)34)11-14-29(19-25(35)36)15-13-28(12-10-26)16-22-21-5-2-1-4-20(21)6-9-30(22)37/h1-2,4-6,9H,3,7-8,10-19H2,(H,31,32)(H,33,34)(H,35,36). The van der Waals surface area contributed by atoms with E-state index >= 15 is 0 Å². The zero-order chi connectivity index (χ0) is 26.8. The smallest absolute Gasteiger partial charge is 0.317 e. The minimum Gasteiger partial charge on any atom is -0.618 e. The van der Waals surface area contributed by atoms with Crippen molar-refractivity contribution in [3.8, 4) is 0 Å². The molecule has 12 heteroatoms. The second-order valence-corrected chi connectivity index (χ2v) is 9.31. The van der Waals surface area contributed by atoms with E-state index < -0.39 is 17.9 Å². The lowest BCUT2D eigenvalue weighted by molar-refractivity contribution is -0.613. The number of rotatable bonds is 8. The third kappa shape index (κ3) is 9.25. The van der Waals surface area contributed by atoms with Gasteiger partial charge in [-0.1, -0.05) is 18.2 Å². The van der Waals surface area contributed by atoms with Crippen molar-refractivity contribution < 1.29 is 34.4 Å². The van der Waals surface area contributed by atoms with Crippen LogP contribution < -0.4 is 4.73 Å². The summed E-state index contributed by atoms with van der Waals surface area (Å²) in [5.74, 6) is -2.89. The molecule has 0 unspecified atom stereocenters. The Morgan fingerprint density at radius 3 is 1.68 bits per heavy atom. The molecular weight excluding hydrogens is 482 g/mol. The van der Waals surface area contributed by atoms with Gasteiger partial charge in [-0.05, 0) is 17.9 Å². The summed E-state index contributed by atoms with van der Waals surface area (Å²) in [6, 6.07) is 9.37. The van der Waals surface area contributed by atoms with Crippen molar-refractivity contribution in [3.05, 3.63) is 47.4 Å². The highest BCUT2D eigenvalue weighted by atomic mass is 16.5. The summed E-state index contributed by atoms with van der Waals surface area (Å²) >= 11 is 0. The van der Waals surface area contributed by atoms with E-state index in [1.807, 2.05) is 34.1 Å². The van der Waals surface area contributed by atoms with Gasteiger partial charge in [0.15, 0.2) is 6.20 Å². The first-order valence-corrected chi connectivity index (χ1v) is 12.4. The normalized spacial score (nSPS) is 18.1. The van der Waals surface area contributed by atoms with Crippen LogP contribution in [0.2, 0.25) is 0 Å². The van der Waals surface area contributed by atoms with Crippen molar-refractivity contribution in [3.63, 3.8) is 0 Å². The first-order valence-electron chi connectivity index (χ1n) is 12.4. The van der Waals surface area contributed by atoms with Crippen LogP contribution in [0.3, 0.4) is 0 Å². The van der Waals surface area contributed by atoms with E-state index in [9.17, 15) is 34.9 Å². The van der Waals surface area contributed by atoms with Crippen LogP contribution in [-0.2, 0) is 20.9 Å². The molecule has 3 N–H and O–H groups in total. The van der Waals surface area contributed by atoms with Crippen LogP contribution >= 0.6 is 0 Å². The minimum absolute atomic E-state index is 0.145. The van der Waals surface area contributed by atoms with Gasteiger partial charge in [0, 0.05) is 58.4 Å². The van der Waals surface area contributed by atoms with Gasteiger partial charge in [-0.25, -0.2) is 0 Å². The Kier molecular flexibility index (Phi) is 10.6. The molecule has 2 heterocycles. The van der Waals surface area contributed by atoms with Crippen LogP contribution in [0.4, 0.5) is 0 Å². The van der Waals surface area contributed by atoms with Gasteiger partial charge in [0.05, 0.1) is 31.6 Å². The highest BCUT2D eigenvalue weighted by Gasteiger charge is 2.21. The number of benzene rings is 1. The summed E-state index contributed by atoms with van der Waals surface area (Å²) in [5, 5.41) is 42.6. The van der Waals surface area contributed by atoms with Crippen molar-refractivity contribution in [1.82, 2.24) is 19.6 Å². The second kappa shape index (κ2) is 13.8. The average Bonchev–Trinajstić information content (AvgIpc) is 2.84. The SMILES string of the molecule is O=C(O)CN1CCCN(CC(=O)O)CCN(Cc2c3ccccc3cc[n+]2[O-])CCN(CC(=O)O)CC1. The largest absolute Gasteiger partial charge is 0.618 e. The zero-order valence-electron chi connectivity index (χ0n) is 20.9. The average molecular weight is 518 g/mol. The first-order chi connectivity index (χ1) is 17.7. The fourth-order valence-electron chi connectivity index (χ4n) is 4.65. The summed E-state index contributed by atoms with van der Waals surface area (Å²) in [6.45, 7) is 3.28. The molecule has 1 aromatic carbocycles. The number of pyridine rings is 1. The van der Waals surface area contributed by atoms with E-state index in [0.29, 0.717) is 71.0 Å². The van der Waals surface area contributed by atoms with E-state index in [1.54, 1.807) is 15.9 Å². The predicted octanol–water partition coefficient (Wildman–Crippen LogP) is -0.161. The lowest BCUT2D eigenvalue weighted by atomic mass is 10.1. The summed E-state index contributed by atoms with van der Waals surface area (Å²) in [6.07, 6.45) is 2.05. The Labute approximate surface area is 215 Å². The number of carboxylic acids is 3. The number of hydrogen-bond acceptors (Lipinski definition) is 8. The van der Waals surface area contributed by atoms with E-state index in [1.165, 1.54) is 6.20 Å². The topological polar surface area (TPSA) is 152 Å². The molecule has 0 spiro atoms. The quantitative estimate of drug-likeness (QED) is 0.316. The van der Waals surface area contributed by atoms with Gasteiger partial charge in [-0.2, -0.15) is 4.73 Å². The molecule has 37 heavy (non-hydrogen) atoms. The molecule has 1 aromatic heterocycles. The van der Waals surface area contributed by atoms with Gasteiger partial charge >= 0.3 is 17.9 Å². The molecule has 1 aliphatic rings. The molecule has 0 atom stereocenters. The Balaban J connectivity index is 1.85. The molecule has 3 rings (SSSR count). The number of hydrogen-bond donors (Lipinski definition) is 3. The lowest BCUT2D eigenvalue weighted by Gasteiger charge is -2.28. The number of aromatic nitrogens is 1. The number of nitrogens with zero attached hydrogens (tertiary/aromatic N) is 5. The molecule has 2 aromatic rings. The van der Waals surface area contributed by atoms with Gasteiger partial charge < -0.3 is 20.5 Å². The maximum Gasteiger partial charge on any atom is 0.317 e. The Bertz CT molecular complexity index is 1080. The van der Waals surface area contributed by atoms with Crippen LogP contribution in [-0.4, -0.2) is 125 Å². The summed E-state index contributed by atoms with van der Waals surface area (Å²) in [7, 11) is 0. The monoisotopic (exact) mass is 517 g/mol. The van der Waals surface area contributed by atoms with Gasteiger partial charge in [-0.3, -0.25) is 34.0 Å². The molecule has 0 amide bonds. The second-order valence-electron chi connectivity index (χ2n) is 9.31. The number of aliphatic carboxylic acids is 3. The molecule has 0 radical (unpaired) electrons. The maximum atomic E-state index is 12.7. The van der Waals surface area contributed by atoms with Crippen molar-refractivity contribution in [2.24, 2.45) is 0 Å². The van der Waals surface area contributed by atoms with Crippen LogP contribution in [0, 0.1) is 5.21 Å². The number of carboxylic acid groups (broad SMARTS) is 3. The van der Waals surface area contributed by atoms with Crippen molar-refractivity contribution in [1.29, 1.82) is 0 Å². The summed E-state index contributed by atoms with van der Waals surface area (Å²) in [4.78, 5) is 41.7. The molecule has 1 saturated heterocycles. The van der Waals surface area contributed by atoms with Crippen molar-refractivity contribution >= 4 is 28.7 Å². The fraction of sp³-hybridized carbons (Fsp3) is 0.520. The highest BCUT2D eigenvalue weighted by Crippen LogP contribution is 2.17. The van der Waals surface area contributed by atoms with Gasteiger partial charge in [0.1, 0.15) is 0 Å². The molecule has 12 nitrogen and oxygen atoms in total. The van der Waals surface area contributed by atoms with Gasteiger partial charge in [-0.15, -0.1) is 0 Å². The van der Waals surface area contributed by atoms with E-state index in [-0.39, 0.29) is 19.6 Å². The Morgan fingerprint density at radius 2 is 1.16 bits per heavy atom. The highest BCUT2D eigenvalue weighted by molar-refractivity contribution is 5.83. The molecule has 202 valence electrons. The van der Waals surface area contributed by atoms with Gasteiger partial charge in [0.2, 0.25) is 5.69 Å². The van der Waals surface area contributed by atoms with Crippen LogP contribution in [0.1, 0.15) is 12.1 Å². The van der Waals surface area contributed by atoms with Crippen LogP contribution in [0.25, 0.3) is 10.8 Å². The molecule has 1 aliphatic heterocycles. The molecule has 0 aliphatic carbocycles. The third-order valence-electron chi connectivity index (χ3n) is 6.52. The summed E-state index contributed by atoms with van der Waals surface area (Å²) < 4.78 is 0.845. The van der Waals surface area contributed by atoms with E-state index in [2.05, 4.69) is 0 Å². The van der Waals surface area contributed by atoms with Crippen molar-refractivity contribution in [2.75, 3.05) is 72.0 Å². The summed E-state index contributed by atoms with van der Waals surface area (Å²) in [5.41, 5.74) is 0.574. The first kappa shape index (κ1) is 28.3. The molecular formula is C25H35N5O7. The lowest BCUT2D eigenvalue weighted by Crippen LogP contribution is -2.45. The Hall–Kier alpha value is -3.32. The fourth-order valence-corrected chi connectivity index (χ4v) is 4.65. The molecule has 0 saturated carbocycles. The van der Waals surface area contributed by atoms with E-state index in [0.717, 1.165) is 15.5 Å². The number of carbonyl (C=O) groups is 3. The van der Waals surface area contributed by atoms with E-state index in [4.69, 9.17) is 0 Å². The maximum absolute atomic E-state index is 12.7. The zero-order valence-corrected chi connectivity index (χ0v) is 20.9.